The van der Waals surface area contributed by atoms with Crippen LogP contribution in [0.3, 0.4) is 0 Å². The molecule has 1 saturated heterocycles. The average Bonchev–Trinajstić information content (AvgIpc) is 2.73. The molecule has 4 heteroatoms. The van der Waals surface area contributed by atoms with Crippen LogP contribution in [0.5, 0.6) is 0 Å². The van der Waals surface area contributed by atoms with Gasteiger partial charge in [0.25, 0.3) is 0 Å². The minimum atomic E-state index is 0.651. The van der Waals surface area contributed by atoms with Crippen LogP contribution in [0.15, 0.2) is 6.07 Å². The van der Waals surface area contributed by atoms with Crippen LogP contribution in [0.4, 0.5) is 0 Å². The van der Waals surface area contributed by atoms with Gasteiger partial charge in [-0.15, -0.1) is 11.3 Å². The van der Waals surface area contributed by atoms with E-state index in [-0.39, 0.29) is 0 Å². The zero-order chi connectivity index (χ0) is 10.8. The smallest absolute Gasteiger partial charge is 0.0551 e. The van der Waals surface area contributed by atoms with Crippen molar-refractivity contribution in [3.05, 3.63) is 20.8 Å². The lowest BCUT2D eigenvalue weighted by Crippen LogP contribution is -2.13. The zero-order valence-electron chi connectivity index (χ0n) is 9.22. The van der Waals surface area contributed by atoms with Gasteiger partial charge in [0.05, 0.1) is 5.02 Å². The number of nitrogens with zero attached hydrogens (tertiary/aromatic N) is 1. The maximum Gasteiger partial charge on any atom is 0.0551 e. The fourth-order valence-electron chi connectivity index (χ4n) is 2.12. The molecule has 1 unspecified atom stereocenters. The standard InChI is InChI=1S/C11H17ClN2S/c1-13-6-9-5-10(12)11(15-9)8-3-4-14(2)7-8/h5,8,13H,3-4,6-7H2,1-2H3. The van der Waals surface area contributed by atoms with E-state index in [1.807, 2.05) is 18.4 Å². The third kappa shape index (κ3) is 2.53. The zero-order valence-corrected chi connectivity index (χ0v) is 10.8. The second kappa shape index (κ2) is 4.83. The largest absolute Gasteiger partial charge is 0.315 e. The summed E-state index contributed by atoms with van der Waals surface area (Å²) >= 11 is 8.13. The SMILES string of the molecule is CNCc1cc(Cl)c(C2CCN(C)C2)s1. The third-order valence-electron chi connectivity index (χ3n) is 2.88. The molecule has 0 amide bonds. The van der Waals surface area contributed by atoms with Crippen LogP contribution in [0.1, 0.15) is 22.1 Å². The molecule has 1 aliphatic rings. The first-order valence-electron chi connectivity index (χ1n) is 5.32. The first kappa shape index (κ1) is 11.4. The highest BCUT2D eigenvalue weighted by Crippen LogP contribution is 2.37. The van der Waals surface area contributed by atoms with Crippen molar-refractivity contribution < 1.29 is 0 Å². The number of rotatable bonds is 3. The predicted molar refractivity (Wildman–Crippen MR) is 66.9 cm³/mol. The number of likely N-dealkylation sites (tertiary alicyclic amines) is 1. The van der Waals surface area contributed by atoms with E-state index < -0.39 is 0 Å². The van der Waals surface area contributed by atoms with Crippen molar-refractivity contribution in [2.24, 2.45) is 0 Å². The lowest BCUT2D eigenvalue weighted by molar-refractivity contribution is 0.412. The lowest BCUT2D eigenvalue weighted by Gasteiger charge is -2.08. The molecule has 1 N–H and O–H groups in total. The van der Waals surface area contributed by atoms with Crippen LogP contribution in [-0.2, 0) is 6.54 Å². The molecule has 2 heterocycles. The summed E-state index contributed by atoms with van der Waals surface area (Å²) in [5, 5.41) is 4.13. The average molecular weight is 245 g/mol. The van der Waals surface area contributed by atoms with E-state index >= 15 is 0 Å². The molecular formula is C11H17ClN2S. The summed E-state index contributed by atoms with van der Waals surface area (Å²) in [6.45, 7) is 3.27. The predicted octanol–water partition coefficient (Wildman–Crippen LogP) is 2.54. The molecule has 0 saturated carbocycles. The molecule has 0 bridgehead atoms. The molecule has 2 nitrogen and oxygen atoms in total. The fraction of sp³-hybridized carbons (Fsp3) is 0.636. The summed E-state index contributed by atoms with van der Waals surface area (Å²) in [4.78, 5) is 5.09. The topological polar surface area (TPSA) is 15.3 Å². The van der Waals surface area contributed by atoms with Gasteiger partial charge in [0.2, 0.25) is 0 Å². The molecule has 0 aromatic carbocycles. The highest BCUT2D eigenvalue weighted by molar-refractivity contribution is 7.12. The molecular weight excluding hydrogens is 228 g/mol. The molecule has 0 spiro atoms. The highest BCUT2D eigenvalue weighted by atomic mass is 35.5. The van der Waals surface area contributed by atoms with Crippen LogP contribution >= 0.6 is 22.9 Å². The van der Waals surface area contributed by atoms with Gasteiger partial charge in [-0.2, -0.15) is 0 Å². The van der Waals surface area contributed by atoms with E-state index in [0.29, 0.717) is 5.92 Å². The summed E-state index contributed by atoms with van der Waals surface area (Å²) in [6.07, 6.45) is 1.25. The Morgan fingerprint density at radius 2 is 2.47 bits per heavy atom. The van der Waals surface area contributed by atoms with Gasteiger partial charge in [-0.3, -0.25) is 0 Å². The Balaban J connectivity index is 2.13. The quantitative estimate of drug-likeness (QED) is 0.879. The minimum absolute atomic E-state index is 0.651. The van der Waals surface area contributed by atoms with Gasteiger partial charge < -0.3 is 10.2 Å². The Kier molecular flexibility index (Phi) is 3.67. The van der Waals surface area contributed by atoms with Gasteiger partial charge in [-0.05, 0) is 33.1 Å². The van der Waals surface area contributed by atoms with Gasteiger partial charge in [0.1, 0.15) is 0 Å². The summed E-state index contributed by atoms with van der Waals surface area (Å²) in [5.74, 6) is 0.651. The van der Waals surface area contributed by atoms with Crippen LogP contribution in [0, 0.1) is 0 Å². The number of hydrogen-bond acceptors (Lipinski definition) is 3. The number of halogens is 1. The van der Waals surface area contributed by atoms with Gasteiger partial charge in [-0.1, -0.05) is 11.6 Å². The van der Waals surface area contributed by atoms with Crippen molar-refractivity contribution in [1.82, 2.24) is 10.2 Å². The molecule has 15 heavy (non-hydrogen) atoms. The summed E-state index contributed by atoms with van der Waals surface area (Å²) < 4.78 is 0. The molecule has 2 rings (SSSR count). The Hall–Kier alpha value is -0.0900. The number of thiophene rings is 1. The first-order valence-corrected chi connectivity index (χ1v) is 6.51. The third-order valence-corrected chi connectivity index (χ3v) is 4.60. The summed E-state index contributed by atoms with van der Waals surface area (Å²) in [6, 6.07) is 2.11. The molecule has 1 aromatic rings. The van der Waals surface area contributed by atoms with Crippen LogP contribution in [-0.4, -0.2) is 32.1 Å². The minimum Gasteiger partial charge on any atom is -0.315 e. The maximum atomic E-state index is 6.27. The van der Waals surface area contributed by atoms with Gasteiger partial charge in [0.15, 0.2) is 0 Å². The second-order valence-electron chi connectivity index (χ2n) is 4.20. The molecule has 1 atom stereocenters. The maximum absolute atomic E-state index is 6.27. The van der Waals surface area contributed by atoms with Crippen molar-refractivity contribution in [2.75, 3.05) is 27.2 Å². The van der Waals surface area contributed by atoms with Crippen molar-refractivity contribution in [3.63, 3.8) is 0 Å². The Bertz CT molecular complexity index is 337. The van der Waals surface area contributed by atoms with Crippen LogP contribution in [0.25, 0.3) is 0 Å². The second-order valence-corrected chi connectivity index (χ2v) is 5.78. The van der Waals surface area contributed by atoms with E-state index in [1.165, 1.54) is 22.7 Å². The van der Waals surface area contributed by atoms with E-state index in [0.717, 1.165) is 18.1 Å². The molecule has 0 aliphatic carbocycles. The summed E-state index contributed by atoms with van der Waals surface area (Å²) in [5.41, 5.74) is 0. The van der Waals surface area contributed by atoms with Gasteiger partial charge in [0, 0.05) is 28.8 Å². The number of likely N-dealkylation sites (N-methyl/N-ethyl adjacent to an activating group) is 1. The Labute approximate surface area is 100 Å². The Morgan fingerprint density at radius 3 is 3.07 bits per heavy atom. The van der Waals surface area contributed by atoms with Crippen LogP contribution in [0.2, 0.25) is 5.02 Å². The lowest BCUT2D eigenvalue weighted by atomic mass is 10.1. The Morgan fingerprint density at radius 1 is 1.67 bits per heavy atom. The highest BCUT2D eigenvalue weighted by Gasteiger charge is 2.24. The molecule has 84 valence electrons. The first-order chi connectivity index (χ1) is 7.20. The van der Waals surface area contributed by atoms with Crippen molar-refractivity contribution in [3.8, 4) is 0 Å². The van der Waals surface area contributed by atoms with E-state index in [1.54, 1.807) is 0 Å². The van der Waals surface area contributed by atoms with Gasteiger partial charge >= 0.3 is 0 Å². The normalized spacial score (nSPS) is 22.5. The number of nitrogens with one attached hydrogen (secondary N) is 1. The molecule has 1 aromatic heterocycles. The van der Waals surface area contributed by atoms with Gasteiger partial charge in [-0.25, -0.2) is 0 Å². The monoisotopic (exact) mass is 244 g/mol. The van der Waals surface area contributed by atoms with Crippen molar-refractivity contribution in [1.29, 1.82) is 0 Å². The van der Waals surface area contributed by atoms with Crippen molar-refractivity contribution >= 4 is 22.9 Å². The van der Waals surface area contributed by atoms with Crippen LogP contribution < -0.4 is 5.32 Å². The van der Waals surface area contributed by atoms with E-state index in [2.05, 4.69) is 23.3 Å². The molecule has 1 aliphatic heterocycles. The molecule has 0 radical (unpaired) electrons. The van der Waals surface area contributed by atoms with Crippen molar-refractivity contribution in [2.45, 2.75) is 18.9 Å². The number of hydrogen-bond donors (Lipinski definition) is 1. The van der Waals surface area contributed by atoms with E-state index in [9.17, 15) is 0 Å². The molecule has 1 fully saturated rings. The summed E-state index contributed by atoms with van der Waals surface area (Å²) in [7, 11) is 4.15. The fourth-order valence-corrected chi connectivity index (χ4v) is 3.78. The van der Waals surface area contributed by atoms with E-state index in [4.69, 9.17) is 11.6 Å².